The second kappa shape index (κ2) is 7.37. The Labute approximate surface area is 230 Å². The van der Waals surface area contributed by atoms with Crippen LogP contribution in [0.5, 0.6) is 0 Å². The van der Waals surface area contributed by atoms with Gasteiger partial charge in [0.15, 0.2) is 0 Å². The minimum Gasteiger partial charge on any atom is -0.277 e. The second-order valence-electron chi connectivity index (χ2n) is 11.0. The Hall–Kier alpha value is -4.41. The summed E-state index contributed by atoms with van der Waals surface area (Å²) in [7, 11) is 0. The Morgan fingerprint density at radius 2 is 1.41 bits per heavy atom. The third-order valence-corrected chi connectivity index (χ3v) is 9.75. The van der Waals surface area contributed by atoms with Crippen LogP contribution in [0.2, 0.25) is 0 Å². The summed E-state index contributed by atoms with van der Waals surface area (Å²) in [5, 5.41) is 3.60. The summed E-state index contributed by atoms with van der Waals surface area (Å²) in [6.07, 6.45) is 0. The van der Waals surface area contributed by atoms with E-state index in [-0.39, 0.29) is 5.41 Å². The van der Waals surface area contributed by atoms with Crippen LogP contribution in [-0.2, 0) is 5.41 Å². The van der Waals surface area contributed by atoms with E-state index in [1.807, 2.05) is 0 Å². The van der Waals surface area contributed by atoms with E-state index in [1.165, 1.54) is 53.9 Å². The fourth-order valence-electron chi connectivity index (χ4n) is 6.84. The molecule has 0 atom stereocenters. The van der Waals surface area contributed by atoms with Crippen LogP contribution in [0.15, 0.2) is 113 Å². The SMILES string of the molecule is CC1(C)c2ccccc2-c2c1ccc1c3ccccc3n(-c3nc4c5c(cccc5n3)Sc3ccccc3-4)c21. The van der Waals surface area contributed by atoms with Crippen molar-refractivity contribution in [2.45, 2.75) is 29.1 Å². The first kappa shape index (κ1) is 21.5. The molecule has 4 heteroatoms. The minimum atomic E-state index is -0.0807. The molecule has 9 rings (SSSR count). The van der Waals surface area contributed by atoms with E-state index in [2.05, 4.69) is 122 Å². The zero-order valence-electron chi connectivity index (χ0n) is 21.6. The normalized spacial score (nSPS) is 14.5. The van der Waals surface area contributed by atoms with Crippen LogP contribution in [0.25, 0.3) is 61.0 Å². The summed E-state index contributed by atoms with van der Waals surface area (Å²) < 4.78 is 2.31. The smallest absolute Gasteiger partial charge is 0.235 e. The number of nitrogens with zero attached hydrogens (tertiary/aromatic N) is 3. The van der Waals surface area contributed by atoms with E-state index in [9.17, 15) is 0 Å². The number of fused-ring (bicyclic) bond motifs is 9. The molecule has 2 aliphatic rings. The summed E-state index contributed by atoms with van der Waals surface area (Å²) in [6.45, 7) is 4.67. The first-order chi connectivity index (χ1) is 19.1. The van der Waals surface area contributed by atoms with Gasteiger partial charge in [0.25, 0.3) is 0 Å². The topological polar surface area (TPSA) is 30.7 Å². The van der Waals surface area contributed by atoms with Gasteiger partial charge in [-0.15, -0.1) is 0 Å². The van der Waals surface area contributed by atoms with E-state index >= 15 is 0 Å². The molecular formula is C35H23N3S. The summed E-state index contributed by atoms with van der Waals surface area (Å²) in [5.74, 6) is 0.721. The fourth-order valence-corrected chi connectivity index (χ4v) is 7.95. The zero-order valence-corrected chi connectivity index (χ0v) is 22.4. The summed E-state index contributed by atoms with van der Waals surface area (Å²) in [4.78, 5) is 13.1. The third kappa shape index (κ3) is 2.69. The van der Waals surface area contributed by atoms with Crippen LogP contribution in [0.4, 0.5) is 0 Å². The van der Waals surface area contributed by atoms with E-state index in [0.717, 1.165) is 28.1 Å². The number of rotatable bonds is 1. The first-order valence-electron chi connectivity index (χ1n) is 13.4. The lowest BCUT2D eigenvalue weighted by atomic mass is 9.82. The molecule has 0 spiro atoms. The highest BCUT2D eigenvalue weighted by atomic mass is 32.2. The Bertz CT molecular complexity index is 2190. The van der Waals surface area contributed by atoms with Gasteiger partial charge in [0, 0.05) is 42.5 Å². The van der Waals surface area contributed by atoms with Crippen LogP contribution in [0, 0.1) is 0 Å². The molecular weight excluding hydrogens is 494 g/mol. The standard InChI is InChI=1S/C35H23N3S/c1-35(2)24-13-6-3-11-22(24)30-25(35)19-18-21-20-10-4-7-15-27(20)38(33(21)30)34-36-26-14-9-17-29-31(26)32(37-34)23-12-5-8-16-28(23)39-29/h3-19H,1-2H3. The van der Waals surface area contributed by atoms with E-state index in [1.54, 1.807) is 11.8 Å². The molecule has 184 valence electrons. The number of aromatic nitrogens is 3. The summed E-state index contributed by atoms with van der Waals surface area (Å²) >= 11 is 1.80. The molecule has 1 aliphatic heterocycles. The van der Waals surface area contributed by atoms with Crippen LogP contribution in [0.3, 0.4) is 0 Å². The van der Waals surface area contributed by atoms with Crippen molar-refractivity contribution in [1.82, 2.24) is 14.5 Å². The Morgan fingerprint density at radius 1 is 0.641 bits per heavy atom. The van der Waals surface area contributed by atoms with Crippen molar-refractivity contribution in [3.63, 3.8) is 0 Å². The molecule has 0 N–H and O–H groups in total. The van der Waals surface area contributed by atoms with E-state index < -0.39 is 0 Å². The highest BCUT2D eigenvalue weighted by Crippen LogP contribution is 2.53. The van der Waals surface area contributed by atoms with Gasteiger partial charge >= 0.3 is 0 Å². The molecule has 0 bridgehead atoms. The van der Waals surface area contributed by atoms with Crippen LogP contribution in [-0.4, -0.2) is 14.5 Å². The molecule has 0 saturated heterocycles. The van der Waals surface area contributed by atoms with Gasteiger partial charge in [-0.1, -0.05) is 104 Å². The van der Waals surface area contributed by atoms with Crippen LogP contribution >= 0.6 is 11.8 Å². The molecule has 1 aliphatic carbocycles. The van der Waals surface area contributed by atoms with Gasteiger partial charge in [0.1, 0.15) is 0 Å². The molecule has 0 unspecified atom stereocenters. The first-order valence-corrected chi connectivity index (χ1v) is 14.2. The van der Waals surface area contributed by atoms with Gasteiger partial charge in [-0.3, -0.25) is 4.57 Å². The van der Waals surface area contributed by atoms with Gasteiger partial charge in [-0.2, -0.15) is 0 Å². The van der Waals surface area contributed by atoms with Crippen LogP contribution < -0.4 is 0 Å². The van der Waals surface area contributed by atoms with Gasteiger partial charge in [0.05, 0.1) is 22.2 Å². The van der Waals surface area contributed by atoms with Gasteiger partial charge in [-0.25, -0.2) is 9.97 Å². The molecule has 0 radical (unpaired) electrons. The predicted molar refractivity (Wildman–Crippen MR) is 161 cm³/mol. The van der Waals surface area contributed by atoms with Crippen molar-refractivity contribution in [2.24, 2.45) is 0 Å². The largest absolute Gasteiger partial charge is 0.277 e. The molecule has 0 amide bonds. The Balaban J connectivity index is 1.47. The second-order valence-corrected chi connectivity index (χ2v) is 12.1. The van der Waals surface area contributed by atoms with Crippen molar-refractivity contribution < 1.29 is 0 Å². The molecule has 7 aromatic rings. The number of hydrogen-bond donors (Lipinski definition) is 0. The van der Waals surface area contributed by atoms with E-state index in [0.29, 0.717) is 0 Å². The molecule has 0 fully saturated rings. The summed E-state index contributed by atoms with van der Waals surface area (Å²) in [6, 6.07) is 37.2. The van der Waals surface area contributed by atoms with Crippen molar-refractivity contribution in [3.05, 3.63) is 114 Å². The van der Waals surface area contributed by atoms with Crippen molar-refractivity contribution >= 4 is 44.5 Å². The molecule has 5 aromatic carbocycles. The maximum atomic E-state index is 5.37. The number of benzene rings is 5. The van der Waals surface area contributed by atoms with Gasteiger partial charge < -0.3 is 0 Å². The quantitative estimate of drug-likeness (QED) is 0.217. The highest BCUT2D eigenvalue weighted by molar-refractivity contribution is 7.99. The molecule has 0 saturated carbocycles. The van der Waals surface area contributed by atoms with Gasteiger partial charge in [-0.05, 0) is 41.0 Å². The van der Waals surface area contributed by atoms with Crippen molar-refractivity contribution in [1.29, 1.82) is 0 Å². The lowest BCUT2D eigenvalue weighted by Gasteiger charge is -2.21. The van der Waals surface area contributed by atoms with Crippen LogP contribution in [0.1, 0.15) is 25.0 Å². The third-order valence-electron chi connectivity index (χ3n) is 8.62. The lowest BCUT2D eigenvalue weighted by Crippen LogP contribution is -2.14. The number of para-hydroxylation sites is 1. The fraction of sp³-hybridized carbons (Fsp3) is 0.0857. The average Bonchev–Trinajstić information content (AvgIpc) is 3.42. The predicted octanol–water partition coefficient (Wildman–Crippen LogP) is 9.16. The average molecular weight is 518 g/mol. The zero-order chi connectivity index (χ0) is 25.9. The number of hydrogen-bond acceptors (Lipinski definition) is 3. The lowest BCUT2D eigenvalue weighted by molar-refractivity contribution is 0.661. The minimum absolute atomic E-state index is 0.0807. The highest BCUT2D eigenvalue weighted by Gasteiger charge is 2.37. The Morgan fingerprint density at radius 3 is 2.33 bits per heavy atom. The van der Waals surface area contributed by atoms with Crippen molar-refractivity contribution in [2.75, 3.05) is 0 Å². The van der Waals surface area contributed by atoms with E-state index in [4.69, 9.17) is 9.97 Å². The van der Waals surface area contributed by atoms with Crippen molar-refractivity contribution in [3.8, 4) is 28.3 Å². The molecule has 3 nitrogen and oxygen atoms in total. The van der Waals surface area contributed by atoms with Gasteiger partial charge in [0.2, 0.25) is 5.95 Å². The monoisotopic (exact) mass is 517 g/mol. The maximum Gasteiger partial charge on any atom is 0.235 e. The Kier molecular flexibility index (Phi) is 4.06. The maximum absolute atomic E-state index is 5.37. The summed E-state index contributed by atoms with van der Waals surface area (Å²) in [5.41, 5.74) is 10.7. The molecule has 2 aromatic heterocycles. The molecule has 3 heterocycles. The molecule has 39 heavy (non-hydrogen) atoms.